The molecule has 76 valence electrons. The van der Waals surface area contributed by atoms with Gasteiger partial charge in [0.1, 0.15) is 0 Å². The first-order chi connectivity index (χ1) is 7.27. The number of hydrogen-bond donors (Lipinski definition) is 1. The Kier molecular flexibility index (Phi) is 3.21. The summed E-state index contributed by atoms with van der Waals surface area (Å²) in [6.45, 7) is 0. The molecular weight excluding hydrogens is 275 g/mol. The normalized spacial score (nSPS) is 10.1. The molecule has 0 saturated heterocycles. The minimum atomic E-state index is -0.821. The Bertz CT molecular complexity index is 464. The van der Waals surface area contributed by atoms with E-state index in [1.165, 1.54) is 15.8 Å². The van der Waals surface area contributed by atoms with Gasteiger partial charge in [0.2, 0.25) is 0 Å². The van der Waals surface area contributed by atoms with Crippen molar-refractivity contribution in [3.8, 4) is 0 Å². The fourth-order valence-electron chi connectivity index (χ4n) is 1.15. The standard InChI is InChI=1S/C11H8O2SSe/c12-11(13)10-9(6-7-14-10)15-8-4-2-1-3-5-8/h1-7H,(H,12,13). The molecular formula is C11H8O2SSe. The molecule has 1 heterocycles. The molecule has 2 rings (SSSR count). The van der Waals surface area contributed by atoms with Crippen LogP contribution in [0.15, 0.2) is 41.8 Å². The molecule has 0 aliphatic heterocycles. The van der Waals surface area contributed by atoms with Crippen molar-refractivity contribution < 1.29 is 9.90 Å². The van der Waals surface area contributed by atoms with Crippen molar-refractivity contribution in [3.63, 3.8) is 0 Å². The summed E-state index contributed by atoms with van der Waals surface area (Å²) in [4.78, 5) is 11.4. The van der Waals surface area contributed by atoms with Crippen molar-refractivity contribution in [2.75, 3.05) is 0 Å². The van der Waals surface area contributed by atoms with Crippen LogP contribution >= 0.6 is 11.3 Å². The molecule has 0 spiro atoms. The van der Waals surface area contributed by atoms with Gasteiger partial charge in [-0.25, -0.2) is 0 Å². The molecule has 0 amide bonds. The molecule has 0 aliphatic carbocycles. The van der Waals surface area contributed by atoms with E-state index in [0.717, 1.165) is 4.46 Å². The van der Waals surface area contributed by atoms with Crippen LogP contribution in [-0.4, -0.2) is 26.0 Å². The summed E-state index contributed by atoms with van der Waals surface area (Å²) in [5, 5.41) is 10.8. The molecule has 0 bridgehead atoms. The average Bonchev–Trinajstić information content (AvgIpc) is 2.67. The van der Waals surface area contributed by atoms with E-state index in [-0.39, 0.29) is 15.0 Å². The van der Waals surface area contributed by atoms with E-state index < -0.39 is 5.97 Å². The van der Waals surface area contributed by atoms with Crippen LogP contribution in [0, 0.1) is 0 Å². The number of aromatic carboxylic acids is 1. The Labute approximate surface area is 97.7 Å². The molecule has 1 N–H and O–H groups in total. The number of carboxylic acids is 1. The van der Waals surface area contributed by atoms with Gasteiger partial charge in [0, 0.05) is 0 Å². The Morgan fingerprint density at radius 3 is 2.60 bits per heavy atom. The molecule has 2 nitrogen and oxygen atoms in total. The summed E-state index contributed by atoms with van der Waals surface area (Å²) in [6.07, 6.45) is 0. The van der Waals surface area contributed by atoms with Gasteiger partial charge in [-0.05, 0) is 0 Å². The van der Waals surface area contributed by atoms with E-state index in [1.54, 1.807) is 0 Å². The number of carbonyl (C=O) groups is 1. The third kappa shape index (κ3) is 2.48. The van der Waals surface area contributed by atoms with E-state index in [4.69, 9.17) is 5.11 Å². The number of hydrogen-bond acceptors (Lipinski definition) is 2. The summed E-state index contributed by atoms with van der Waals surface area (Å²) < 4.78 is 2.15. The fraction of sp³-hybridized carbons (Fsp3) is 0. The Morgan fingerprint density at radius 2 is 1.93 bits per heavy atom. The van der Waals surface area contributed by atoms with Crippen LogP contribution in [0.2, 0.25) is 0 Å². The molecule has 2 aromatic rings. The van der Waals surface area contributed by atoms with Crippen LogP contribution in [0.5, 0.6) is 0 Å². The van der Waals surface area contributed by atoms with Crippen molar-refractivity contribution in [1.29, 1.82) is 0 Å². The Hall–Kier alpha value is -1.09. The van der Waals surface area contributed by atoms with Crippen LogP contribution in [0.4, 0.5) is 0 Å². The van der Waals surface area contributed by atoms with Gasteiger partial charge in [0.05, 0.1) is 0 Å². The molecule has 0 radical (unpaired) electrons. The van der Waals surface area contributed by atoms with Crippen LogP contribution in [0.3, 0.4) is 0 Å². The molecule has 0 fully saturated rings. The third-order valence-electron chi connectivity index (χ3n) is 1.79. The Balaban J connectivity index is 2.25. The van der Waals surface area contributed by atoms with Crippen molar-refractivity contribution in [1.82, 2.24) is 0 Å². The summed E-state index contributed by atoms with van der Waals surface area (Å²) in [6, 6.07) is 11.9. The molecule has 0 saturated carbocycles. The predicted molar refractivity (Wildman–Crippen MR) is 62.7 cm³/mol. The van der Waals surface area contributed by atoms with Gasteiger partial charge < -0.3 is 0 Å². The monoisotopic (exact) mass is 284 g/mol. The molecule has 4 heteroatoms. The van der Waals surface area contributed by atoms with Gasteiger partial charge in [-0.3, -0.25) is 0 Å². The first-order valence-electron chi connectivity index (χ1n) is 4.31. The van der Waals surface area contributed by atoms with E-state index in [2.05, 4.69) is 0 Å². The second kappa shape index (κ2) is 4.62. The van der Waals surface area contributed by atoms with Crippen molar-refractivity contribution in [2.24, 2.45) is 0 Å². The van der Waals surface area contributed by atoms with Crippen molar-refractivity contribution in [3.05, 3.63) is 46.7 Å². The number of thiophene rings is 1. The van der Waals surface area contributed by atoms with Crippen LogP contribution in [-0.2, 0) is 0 Å². The molecule has 1 aromatic heterocycles. The quantitative estimate of drug-likeness (QED) is 0.857. The van der Waals surface area contributed by atoms with E-state index in [9.17, 15) is 4.79 Å². The van der Waals surface area contributed by atoms with Crippen LogP contribution in [0.25, 0.3) is 0 Å². The molecule has 0 atom stereocenters. The van der Waals surface area contributed by atoms with Gasteiger partial charge in [0.25, 0.3) is 0 Å². The van der Waals surface area contributed by atoms with Crippen molar-refractivity contribution >= 4 is 41.2 Å². The number of carboxylic acid groups (broad SMARTS) is 1. The maximum absolute atomic E-state index is 10.9. The zero-order valence-corrected chi connectivity index (χ0v) is 10.2. The predicted octanol–water partition coefficient (Wildman–Crippen LogP) is 1.10. The Morgan fingerprint density at radius 1 is 1.20 bits per heavy atom. The van der Waals surface area contributed by atoms with Crippen molar-refractivity contribution in [2.45, 2.75) is 0 Å². The average molecular weight is 283 g/mol. The van der Waals surface area contributed by atoms with E-state index in [1.807, 2.05) is 41.8 Å². The molecule has 15 heavy (non-hydrogen) atoms. The zero-order valence-electron chi connectivity index (χ0n) is 7.71. The second-order valence-corrected chi connectivity index (χ2v) is 6.09. The topological polar surface area (TPSA) is 37.3 Å². The summed E-state index contributed by atoms with van der Waals surface area (Å²) in [7, 11) is 0. The van der Waals surface area contributed by atoms with Gasteiger partial charge >= 0.3 is 97.7 Å². The first kappa shape index (κ1) is 10.4. The fourth-order valence-corrected chi connectivity index (χ4v) is 4.30. The van der Waals surface area contributed by atoms with Gasteiger partial charge in [-0.1, -0.05) is 0 Å². The first-order valence-corrected chi connectivity index (χ1v) is 6.90. The van der Waals surface area contributed by atoms with E-state index >= 15 is 0 Å². The number of rotatable bonds is 3. The van der Waals surface area contributed by atoms with Gasteiger partial charge in [-0.2, -0.15) is 0 Å². The summed E-state index contributed by atoms with van der Waals surface area (Å²) in [5.74, 6) is -0.821. The summed E-state index contributed by atoms with van der Waals surface area (Å²) in [5.41, 5.74) is 0. The second-order valence-electron chi connectivity index (χ2n) is 2.83. The third-order valence-corrected chi connectivity index (χ3v) is 5.23. The molecule has 1 aromatic carbocycles. The summed E-state index contributed by atoms with van der Waals surface area (Å²) >= 11 is 1.39. The van der Waals surface area contributed by atoms with Gasteiger partial charge in [0.15, 0.2) is 0 Å². The minimum absolute atomic E-state index is 0.0922. The molecule has 0 unspecified atom stereocenters. The van der Waals surface area contributed by atoms with Gasteiger partial charge in [-0.15, -0.1) is 0 Å². The number of benzene rings is 1. The SMILES string of the molecule is O=C(O)c1sccc1[Se]c1ccccc1. The zero-order chi connectivity index (χ0) is 10.7. The van der Waals surface area contributed by atoms with Crippen LogP contribution in [0.1, 0.15) is 9.67 Å². The van der Waals surface area contributed by atoms with Crippen LogP contribution < -0.4 is 8.92 Å². The maximum atomic E-state index is 10.9. The van der Waals surface area contributed by atoms with E-state index in [0.29, 0.717) is 4.88 Å². The molecule has 0 aliphatic rings.